The first-order valence-electron chi connectivity index (χ1n) is 8.27. The lowest BCUT2D eigenvalue weighted by Gasteiger charge is -2.21. The Labute approximate surface area is 129 Å². The second kappa shape index (κ2) is 7.97. The topological polar surface area (TPSA) is 31.6 Å². The predicted octanol–water partition coefficient (Wildman–Crippen LogP) is 2.61. The minimum Gasteiger partial charge on any atom is -0.465 e. The zero-order chi connectivity index (χ0) is 15.2. The first-order valence-corrected chi connectivity index (χ1v) is 8.27. The molecule has 0 radical (unpaired) electrons. The second-order valence-electron chi connectivity index (χ2n) is 6.47. The molecule has 0 amide bonds. The van der Waals surface area contributed by atoms with Crippen LogP contribution in [0.3, 0.4) is 0 Å². The smallest absolute Gasteiger partial charge is 0.118 e. The minimum atomic E-state index is 0.733. The van der Waals surface area contributed by atoms with Gasteiger partial charge in [0.25, 0.3) is 0 Å². The molecule has 1 N–H and O–H groups in total. The van der Waals surface area contributed by atoms with E-state index in [0.29, 0.717) is 0 Å². The van der Waals surface area contributed by atoms with Gasteiger partial charge in [0.1, 0.15) is 11.5 Å². The van der Waals surface area contributed by atoms with Gasteiger partial charge in [-0.3, -0.25) is 4.90 Å². The van der Waals surface area contributed by atoms with Gasteiger partial charge in [-0.25, -0.2) is 0 Å². The molecule has 0 saturated heterocycles. The van der Waals surface area contributed by atoms with Gasteiger partial charge >= 0.3 is 0 Å². The quantitative estimate of drug-likeness (QED) is 0.718. The van der Waals surface area contributed by atoms with Gasteiger partial charge < -0.3 is 14.6 Å². The highest BCUT2D eigenvalue weighted by molar-refractivity contribution is 5.21. The maximum absolute atomic E-state index is 5.88. The third kappa shape index (κ3) is 5.81. The van der Waals surface area contributed by atoms with E-state index in [2.05, 4.69) is 49.1 Å². The van der Waals surface area contributed by atoms with Crippen molar-refractivity contribution >= 4 is 0 Å². The van der Waals surface area contributed by atoms with Gasteiger partial charge in [0, 0.05) is 18.2 Å². The van der Waals surface area contributed by atoms with E-state index in [4.69, 9.17) is 4.42 Å². The first kappa shape index (κ1) is 16.5. The predicted molar refractivity (Wildman–Crippen MR) is 87.4 cm³/mol. The van der Waals surface area contributed by atoms with Crippen molar-refractivity contribution in [3.8, 4) is 0 Å². The highest BCUT2D eigenvalue weighted by atomic mass is 16.3. The minimum absolute atomic E-state index is 0.733. The van der Waals surface area contributed by atoms with Crippen molar-refractivity contribution < 1.29 is 4.42 Å². The lowest BCUT2D eigenvalue weighted by Crippen LogP contribution is -2.27. The van der Waals surface area contributed by atoms with E-state index in [1.54, 1.807) is 0 Å². The van der Waals surface area contributed by atoms with Gasteiger partial charge in [-0.2, -0.15) is 0 Å². The van der Waals surface area contributed by atoms with Crippen LogP contribution in [0.1, 0.15) is 43.3 Å². The zero-order valence-corrected chi connectivity index (χ0v) is 14.1. The molecule has 120 valence electrons. The molecule has 0 spiro atoms. The van der Waals surface area contributed by atoms with Crippen molar-refractivity contribution in [2.24, 2.45) is 0 Å². The first-order chi connectivity index (χ1) is 10.1. The Balaban J connectivity index is 1.81. The summed E-state index contributed by atoms with van der Waals surface area (Å²) in [4.78, 5) is 4.75. The van der Waals surface area contributed by atoms with E-state index in [0.717, 1.165) is 50.3 Å². The fraction of sp³-hybridized carbons (Fsp3) is 0.765. The van der Waals surface area contributed by atoms with E-state index < -0.39 is 0 Å². The van der Waals surface area contributed by atoms with Gasteiger partial charge in [-0.15, -0.1) is 0 Å². The highest BCUT2D eigenvalue weighted by Crippen LogP contribution is 2.21. The lowest BCUT2D eigenvalue weighted by atomic mass is 10.2. The van der Waals surface area contributed by atoms with Crippen LogP contribution < -0.4 is 5.32 Å². The number of rotatable bonds is 10. The SMILES string of the molecule is CCN(CCCN(C)C)Cc1cc(CNC2CC2)oc1C. The summed E-state index contributed by atoms with van der Waals surface area (Å²) in [6.45, 7) is 9.59. The number of aryl methyl sites for hydroxylation is 1. The van der Waals surface area contributed by atoms with Gasteiger partial charge in [0.2, 0.25) is 0 Å². The van der Waals surface area contributed by atoms with Crippen LogP contribution in [-0.2, 0) is 13.1 Å². The van der Waals surface area contributed by atoms with Crippen molar-refractivity contribution in [1.29, 1.82) is 0 Å². The van der Waals surface area contributed by atoms with Crippen LogP contribution in [0.25, 0.3) is 0 Å². The largest absolute Gasteiger partial charge is 0.465 e. The van der Waals surface area contributed by atoms with Gasteiger partial charge in [-0.1, -0.05) is 6.92 Å². The van der Waals surface area contributed by atoms with E-state index in [1.807, 2.05) is 0 Å². The summed E-state index contributed by atoms with van der Waals surface area (Å²) < 4.78 is 5.88. The highest BCUT2D eigenvalue weighted by Gasteiger charge is 2.21. The standard InChI is InChI=1S/C17H31N3O/c1-5-20(10-6-9-19(3)4)13-15-11-17(21-14(15)2)12-18-16-7-8-16/h11,16,18H,5-10,12-13H2,1-4H3. The van der Waals surface area contributed by atoms with E-state index in [9.17, 15) is 0 Å². The average Bonchev–Trinajstić information content (AvgIpc) is 3.20. The van der Waals surface area contributed by atoms with Crippen LogP contribution >= 0.6 is 0 Å². The summed E-state index contributed by atoms with van der Waals surface area (Å²) in [5, 5.41) is 3.51. The van der Waals surface area contributed by atoms with Gasteiger partial charge in [0.05, 0.1) is 6.54 Å². The molecule has 1 aliphatic carbocycles. The molecule has 1 aromatic heterocycles. The number of nitrogens with one attached hydrogen (secondary N) is 1. The molecule has 1 aliphatic rings. The monoisotopic (exact) mass is 293 g/mol. The molecule has 0 atom stereocenters. The Kier molecular flexibility index (Phi) is 6.27. The summed E-state index contributed by atoms with van der Waals surface area (Å²) >= 11 is 0. The molecule has 1 saturated carbocycles. The van der Waals surface area contributed by atoms with Crippen LogP contribution in [0, 0.1) is 6.92 Å². The molecule has 0 unspecified atom stereocenters. The molecule has 21 heavy (non-hydrogen) atoms. The lowest BCUT2D eigenvalue weighted by molar-refractivity contribution is 0.258. The molecule has 1 fully saturated rings. The van der Waals surface area contributed by atoms with Gasteiger partial charge in [-0.05, 0) is 66.0 Å². The van der Waals surface area contributed by atoms with Crippen molar-refractivity contribution in [3.05, 3.63) is 23.2 Å². The molecule has 0 bridgehead atoms. The fourth-order valence-electron chi connectivity index (χ4n) is 2.56. The summed E-state index contributed by atoms with van der Waals surface area (Å²) in [6.07, 6.45) is 3.86. The molecule has 0 aromatic carbocycles. The van der Waals surface area contributed by atoms with Gasteiger partial charge in [0.15, 0.2) is 0 Å². The molecule has 4 nitrogen and oxygen atoms in total. The Morgan fingerprint density at radius 2 is 2.05 bits per heavy atom. The number of nitrogens with zero attached hydrogens (tertiary/aromatic N) is 2. The van der Waals surface area contributed by atoms with Crippen LogP contribution in [0.2, 0.25) is 0 Å². The zero-order valence-electron chi connectivity index (χ0n) is 14.1. The number of furan rings is 1. The van der Waals surface area contributed by atoms with E-state index >= 15 is 0 Å². The fourth-order valence-corrected chi connectivity index (χ4v) is 2.56. The molecular formula is C17H31N3O. The number of hydrogen-bond donors (Lipinski definition) is 1. The Hall–Kier alpha value is -0.840. The Morgan fingerprint density at radius 1 is 1.29 bits per heavy atom. The number of hydrogen-bond acceptors (Lipinski definition) is 4. The molecule has 2 rings (SSSR count). The van der Waals surface area contributed by atoms with E-state index in [-0.39, 0.29) is 0 Å². The third-order valence-electron chi connectivity index (χ3n) is 4.13. The van der Waals surface area contributed by atoms with Crippen molar-refractivity contribution in [1.82, 2.24) is 15.1 Å². The molecular weight excluding hydrogens is 262 g/mol. The Bertz CT molecular complexity index is 424. The van der Waals surface area contributed by atoms with Crippen LogP contribution in [-0.4, -0.2) is 49.6 Å². The van der Waals surface area contributed by atoms with Crippen LogP contribution in [0.4, 0.5) is 0 Å². The second-order valence-corrected chi connectivity index (χ2v) is 6.47. The maximum Gasteiger partial charge on any atom is 0.118 e. The van der Waals surface area contributed by atoms with Crippen LogP contribution in [0.5, 0.6) is 0 Å². The normalized spacial score (nSPS) is 15.3. The van der Waals surface area contributed by atoms with E-state index in [1.165, 1.54) is 24.8 Å². The summed E-state index contributed by atoms with van der Waals surface area (Å²) in [5.74, 6) is 2.16. The van der Waals surface area contributed by atoms with Crippen LogP contribution in [0.15, 0.2) is 10.5 Å². The summed E-state index contributed by atoms with van der Waals surface area (Å²) in [6, 6.07) is 2.97. The summed E-state index contributed by atoms with van der Waals surface area (Å²) in [7, 11) is 4.27. The Morgan fingerprint density at radius 3 is 2.67 bits per heavy atom. The van der Waals surface area contributed by atoms with Crippen molar-refractivity contribution in [2.45, 2.75) is 52.2 Å². The maximum atomic E-state index is 5.88. The molecule has 0 aliphatic heterocycles. The van der Waals surface area contributed by atoms with Crippen molar-refractivity contribution in [2.75, 3.05) is 33.7 Å². The van der Waals surface area contributed by atoms with Crippen molar-refractivity contribution in [3.63, 3.8) is 0 Å². The average molecular weight is 293 g/mol. The third-order valence-corrected chi connectivity index (χ3v) is 4.13. The molecule has 1 heterocycles. The summed E-state index contributed by atoms with van der Waals surface area (Å²) in [5.41, 5.74) is 1.34. The molecule has 4 heteroatoms. The molecule has 1 aromatic rings.